The van der Waals surface area contributed by atoms with Crippen LogP contribution < -0.4 is 11.1 Å². The van der Waals surface area contributed by atoms with Gasteiger partial charge < -0.3 is 11.1 Å². The van der Waals surface area contributed by atoms with E-state index in [2.05, 4.69) is 21.2 Å². The topological polar surface area (TPSA) is 38.0 Å². The predicted octanol–water partition coefficient (Wildman–Crippen LogP) is 4.50. The standard InChI is InChI=1S/C11H9BrClFN2S/c12-7-3-10(9(15)4-8(7)14)16-5-6-1-2-11(13)17-6/h1-4,16H,5,15H2. The van der Waals surface area contributed by atoms with Gasteiger partial charge in [0.25, 0.3) is 0 Å². The zero-order valence-corrected chi connectivity index (χ0v) is 11.8. The molecule has 1 aromatic heterocycles. The Bertz CT molecular complexity index is 544. The van der Waals surface area contributed by atoms with Crippen LogP contribution in [0.4, 0.5) is 15.8 Å². The summed E-state index contributed by atoms with van der Waals surface area (Å²) in [6.07, 6.45) is 0. The second-order valence-electron chi connectivity index (χ2n) is 3.41. The lowest BCUT2D eigenvalue weighted by atomic mass is 10.2. The van der Waals surface area contributed by atoms with Crippen LogP contribution in [-0.4, -0.2) is 0 Å². The van der Waals surface area contributed by atoms with Gasteiger partial charge in [0, 0.05) is 17.5 Å². The van der Waals surface area contributed by atoms with Crippen molar-refractivity contribution in [3.8, 4) is 0 Å². The van der Waals surface area contributed by atoms with Gasteiger partial charge in [0.15, 0.2) is 0 Å². The Hall–Kier alpha value is -0.780. The number of thiophene rings is 1. The van der Waals surface area contributed by atoms with Crippen molar-refractivity contribution in [2.45, 2.75) is 6.54 Å². The third-order valence-electron chi connectivity index (χ3n) is 2.17. The van der Waals surface area contributed by atoms with Gasteiger partial charge in [0.05, 0.1) is 20.2 Å². The first-order chi connectivity index (χ1) is 8.06. The highest BCUT2D eigenvalue weighted by molar-refractivity contribution is 9.10. The molecule has 0 aliphatic carbocycles. The molecule has 0 amide bonds. The minimum absolute atomic E-state index is 0.368. The number of rotatable bonds is 3. The second-order valence-corrected chi connectivity index (χ2v) is 6.07. The third kappa shape index (κ3) is 3.12. The van der Waals surface area contributed by atoms with E-state index in [0.29, 0.717) is 22.4 Å². The summed E-state index contributed by atoms with van der Waals surface area (Å²) >= 11 is 10.4. The number of nitrogens with two attached hydrogens (primary N) is 1. The van der Waals surface area contributed by atoms with Crippen molar-refractivity contribution in [2.24, 2.45) is 0 Å². The first kappa shape index (κ1) is 12.7. The van der Waals surface area contributed by atoms with Crippen LogP contribution in [0.5, 0.6) is 0 Å². The van der Waals surface area contributed by atoms with E-state index in [4.69, 9.17) is 17.3 Å². The minimum atomic E-state index is -0.368. The molecule has 17 heavy (non-hydrogen) atoms. The fraction of sp³-hybridized carbons (Fsp3) is 0.0909. The maximum atomic E-state index is 13.2. The smallest absolute Gasteiger partial charge is 0.139 e. The van der Waals surface area contributed by atoms with E-state index < -0.39 is 0 Å². The SMILES string of the molecule is Nc1cc(F)c(Br)cc1NCc1ccc(Cl)s1. The Morgan fingerprint density at radius 1 is 1.41 bits per heavy atom. The number of hydrogen-bond donors (Lipinski definition) is 2. The number of anilines is 2. The van der Waals surface area contributed by atoms with Crippen molar-refractivity contribution >= 4 is 50.2 Å². The zero-order chi connectivity index (χ0) is 12.4. The molecule has 0 radical (unpaired) electrons. The Morgan fingerprint density at radius 2 is 2.18 bits per heavy atom. The molecule has 1 aromatic carbocycles. The van der Waals surface area contributed by atoms with E-state index in [1.54, 1.807) is 6.07 Å². The van der Waals surface area contributed by atoms with Gasteiger partial charge in [-0.2, -0.15) is 0 Å². The molecule has 0 aliphatic heterocycles. The van der Waals surface area contributed by atoms with Gasteiger partial charge in [0.1, 0.15) is 5.82 Å². The van der Waals surface area contributed by atoms with Crippen molar-refractivity contribution < 1.29 is 4.39 Å². The van der Waals surface area contributed by atoms with Gasteiger partial charge in [-0.15, -0.1) is 11.3 Å². The molecule has 0 aliphatic rings. The number of hydrogen-bond acceptors (Lipinski definition) is 3. The fourth-order valence-electron chi connectivity index (χ4n) is 1.34. The van der Waals surface area contributed by atoms with Gasteiger partial charge >= 0.3 is 0 Å². The van der Waals surface area contributed by atoms with Crippen molar-refractivity contribution in [2.75, 3.05) is 11.1 Å². The van der Waals surface area contributed by atoms with E-state index in [-0.39, 0.29) is 5.82 Å². The van der Waals surface area contributed by atoms with Crippen LogP contribution in [-0.2, 0) is 6.54 Å². The van der Waals surface area contributed by atoms with Gasteiger partial charge in [-0.1, -0.05) is 11.6 Å². The molecule has 90 valence electrons. The van der Waals surface area contributed by atoms with Crippen LogP contribution >= 0.6 is 38.9 Å². The highest BCUT2D eigenvalue weighted by atomic mass is 79.9. The summed E-state index contributed by atoms with van der Waals surface area (Å²) in [4.78, 5) is 1.09. The molecule has 0 bridgehead atoms. The minimum Gasteiger partial charge on any atom is -0.397 e. The maximum Gasteiger partial charge on any atom is 0.139 e. The highest BCUT2D eigenvalue weighted by Crippen LogP contribution is 2.28. The lowest BCUT2D eigenvalue weighted by Crippen LogP contribution is -2.02. The molecule has 0 saturated heterocycles. The Balaban J connectivity index is 2.11. The average molecular weight is 336 g/mol. The van der Waals surface area contributed by atoms with E-state index >= 15 is 0 Å². The van der Waals surface area contributed by atoms with Crippen molar-refractivity contribution in [1.29, 1.82) is 0 Å². The van der Waals surface area contributed by atoms with E-state index in [1.165, 1.54) is 17.4 Å². The zero-order valence-electron chi connectivity index (χ0n) is 8.64. The molecule has 0 spiro atoms. The summed E-state index contributed by atoms with van der Waals surface area (Å²) in [6.45, 7) is 0.611. The van der Waals surface area contributed by atoms with Crippen LogP contribution in [0.15, 0.2) is 28.7 Å². The molecule has 0 saturated carbocycles. The van der Waals surface area contributed by atoms with Crippen molar-refractivity contribution in [3.63, 3.8) is 0 Å². The quantitative estimate of drug-likeness (QED) is 0.811. The molecule has 1 heterocycles. The first-order valence-corrected chi connectivity index (χ1v) is 6.77. The second kappa shape index (κ2) is 5.25. The molecule has 2 aromatic rings. The van der Waals surface area contributed by atoms with Crippen molar-refractivity contribution in [1.82, 2.24) is 0 Å². The monoisotopic (exact) mass is 334 g/mol. The summed E-state index contributed by atoms with van der Waals surface area (Å²) in [7, 11) is 0. The number of nitrogen functional groups attached to an aromatic ring is 1. The van der Waals surface area contributed by atoms with Crippen LogP contribution in [0.1, 0.15) is 4.88 Å². The molecule has 3 N–H and O–H groups in total. The van der Waals surface area contributed by atoms with Crippen LogP contribution in [0, 0.1) is 5.82 Å². The van der Waals surface area contributed by atoms with Crippen LogP contribution in [0.2, 0.25) is 4.34 Å². The summed E-state index contributed by atoms with van der Waals surface area (Å²) in [5.74, 6) is -0.368. The number of nitrogens with one attached hydrogen (secondary N) is 1. The lowest BCUT2D eigenvalue weighted by Gasteiger charge is -2.09. The first-order valence-electron chi connectivity index (χ1n) is 4.79. The molecule has 0 fully saturated rings. The summed E-state index contributed by atoms with van der Waals surface area (Å²) in [5.41, 5.74) is 6.79. The van der Waals surface area contributed by atoms with Gasteiger partial charge in [-0.3, -0.25) is 0 Å². The highest BCUT2D eigenvalue weighted by Gasteiger charge is 2.06. The summed E-state index contributed by atoms with van der Waals surface area (Å²) in [5, 5.41) is 3.14. The molecular weight excluding hydrogens is 327 g/mol. The molecule has 0 unspecified atom stereocenters. The third-order valence-corrected chi connectivity index (χ3v) is 4.01. The van der Waals surface area contributed by atoms with E-state index in [9.17, 15) is 4.39 Å². The molecule has 2 rings (SSSR count). The number of halogens is 3. The van der Waals surface area contributed by atoms with Gasteiger partial charge in [-0.05, 0) is 34.1 Å². The largest absolute Gasteiger partial charge is 0.397 e. The molecule has 2 nitrogen and oxygen atoms in total. The summed E-state index contributed by atoms with van der Waals surface area (Å²) in [6, 6.07) is 6.69. The Morgan fingerprint density at radius 3 is 2.82 bits per heavy atom. The molecule has 0 atom stereocenters. The van der Waals surface area contributed by atoms with E-state index in [0.717, 1.165) is 9.21 Å². The fourth-order valence-corrected chi connectivity index (χ4v) is 2.72. The normalized spacial score (nSPS) is 10.5. The average Bonchev–Trinajstić information content (AvgIpc) is 2.68. The summed E-state index contributed by atoms with van der Waals surface area (Å²) < 4.78 is 14.3. The van der Waals surface area contributed by atoms with Gasteiger partial charge in [0.2, 0.25) is 0 Å². The number of benzene rings is 1. The molecule has 6 heteroatoms. The van der Waals surface area contributed by atoms with Crippen LogP contribution in [0.25, 0.3) is 0 Å². The van der Waals surface area contributed by atoms with Crippen molar-refractivity contribution in [3.05, 3.63) is 43.8 Å². The lowest BCUT2D eigenvalue weighted by molar-refractivity contribution is 0.622. The Labute approximate surface area is 116 Å². The van der Waals surface area contributed by atoms with Gasteiger partial charge in [-0.25, -0.2) is 4.39 Å². The maximum absolute atomic E-state index is 13.2. The Kier molecular flexibility index (Phi) is 3.91. The van der Waals surface area contributed by atoms with Crippen LogP contribution in [0.3, 0.4) is 0 Å². The van der Waals surface area contributed by atoms with E-state index in [1.807, 2.05) is 12.1 Å². The molecular formula is C11H9BrClFN2S. The predicted molar refractivity (Wildman–Crippen MR) is 75.2 cm³/mol.